The Morgan fingerprint density at radius 1 is 0.957 bits per heavy atom. The van der Waals surface area contributed by atoms with Crippen LogP contribution in [0.1, 0.15) is 25.0 Å². The second-order valence-electron chi connectivity index (χ2n) is 10.3. The Morgan fingerprint density at radius 3 is 2.30 bits per heavy atom. The van der Waals surface area contributed by atoms with Gasteiger partial charge in [-0.1, -0.05) is 18.2 Å². The standard InChI is InChI=1S/C31H31F3N4O7S/c1-18(2)46(41,42)26-8-6-5-7-20(26)17-37-28(39)30(45-29(40)31(32,33)34,21-9-12-24(43-3)25(16-21)44-4)38-22-10-11-23-19(15-22)13-14-36-27(23)35/h5-16,18,38H,17H2,1-4H3,(H2,35,36)(H,37,39). The maximum Gasteiger partial charge on any atom is 0.491 e. The molecule has 1 aromatic heterocycles. The maximum absolute atomic E-state index is 14.2. The van der Waals surface area contributed by atoms with Crippen LogP contribution >= 0.6 is 0 Å². The number of methoxy groups -OCH3 is 2. The largest absolute Gasteiger partial charge is 0.493 e. The van der Waals surface area contributed by atoms with Gasteiger partial charge in [-0.05, 0) is 73.3 Å². The highest BCUT2D eigenvalue weighted by atomic mass is 32.2. The molecule has 0 spiro atoms. The predicted molar refractivity (Wildman–Crippen MR) is 164 cm³/mol. The number of nitrogen functional groups attached to an aromatic ring is 1. The Kier molecular flexibility index (Phi) is 9.66. The van der Waals surface area contributed by atoms with Crippen molar-refractivity contribution in [1.29, 1.82) is 0 Å². The lowest BCUT2D eigenvalue weighted by atomic mass is 9.99. The first-order valence-electron chi connectivity index (χ1n) is 13.7. The molecule has 244 valence electrons. The lowest BCUT2D eigenvalue weighted by Crippen LogP contribution is -2.54. The van der Waals surface area contributed by atoms with Gasteiger partial charge in [0.1, 0.15) is 5.82 Å². The summed E-state index contributed by atoms with van der Waals surface area (Å²) in [5.74, 6) is -3.58. The molecule has 1 unspecified atom stereocenters. The first kappa shape index (κ1) is 33.8. The maximum atomic E-state index is 14.2. The molecule has 0 aliphatic heterocycles. The summed E-state index contributed by atoms with van der Waals surface area (Å²) in [5, 5.41) is 5.37. The average Bonchev–Trinajstić information content (AvgIpc) is 3.02. The van der Waals surface area contributed by atoms with E-state index in [1.165, 1.54) is 88.9 Å². The van der Waals surface area contributed by atoms with Crippen molar-refractivity contribution < 1.29 is 45.4 Å². The number of aromatic nitrogens is 1. The van der Waals surface area contributed by atoms with Crippen molar-refractivity contribution in [2.24, 2.45) is 0 Å². The number of sulfone groups is 1. The van der Waals surface area contributed by atoms with Crippen molar-refractivity contribution in [2.45, 2.75) is 42.4 Å². The number of hydrogen-bond acceptors (Lipinski definition) is 10. The molecule has 15 heteroatoms. The monoisotopic (exact) mass is 660 g/mol. The van der Waals surface area contributed by atoms with E-state index in [1.807, 2.05) is 0 Å². The highest BCUT2D eigenvalue weighted by Gasteiger charge is 2.52. The Bertz CT molecular complexity index is 1880. The van der Waals surface area contributed by atoms with E-state index >= 15 is 0 Å². The zero-order chi connectivity index (χ0) is 33.9. The van der Waals surface area contributed by atoms with E-state index in [-0.39, 0.29) is 39.0 Å². The van der Waals surface area contributed by atoms with Crippen LogP contribution in [-0.2, 0) is 36.4 Å². The number of anilines is 2. The highest BCUT2D eigenvalue weighted by Crippen LogP contribution is 2.38. The van der Waals surface area contributed by atoms with Crippen LogP contribution in [-0.4, -0.2) is 50.9 Å². The van der Waals surface area contributed by atoms with Crippen molar-refractivity contribution >= 4 is 44.0 Å². The number of fused-ring (bicyclic) bond motifs is 1. The zero-order valence-corrected chi connectivity index (χ0v) is 26.0. The molecule has 0 aliphatic carbocycles. The van der Waals surface area contributed by atoms with Crippen molar-refractivity contribution in [3.63, 3.8) is 0 Å². The molecule has 0 bridgehead atoms. The van der Waals surface area contributed by atoms with Gasteiger partial charge in [0.2, 0.25) is 0 Å². The number of rotatable bonds is 11. The first-order valence-corrected chi connectivity index (χ1v) is 15.2. The summed E-state index contributed by atoms with van der Waals surface area (Å²) >= 11 is 0. The van der Waals surface area contributed by atoms with E-state index in [1.54, 1.807) is 12.1 Å². The topological polar surface area (TPSA) is 159 Å². The zero-order valence-electron chi connectivity index (χ0n) is 25.1. The molecule has 1 amide bonds. The molecule has 11 nitrogen and oxygen atoms in total. The van der Waals surface area contributed by atoms with Crippen LogP contribution in [0.3, 0.4) is 0 Å². The van der Waals surface area contributed by atoms with Crippen LogP contribution in [0.4, 0.5) is 24.7 Å². The second kappa shape index (κ2) is 13.1. The van der Waals surface area contributed by atoms with Crippen LogP contribution < -0.4 is 25.8 Å². The van der Waals surface area contributed by atoms with Crippen molar-refractivity contribution in [3.8, 4) is 11.5 Å². The molecule has 0 fully saturated rings. The summed E-state index contributed by atoms with van der Waals surface area (Å²) in [7, 11) is -1.22. The summed E-state index contributed by atoms with van der Waals surface area (Å²) < 4.78 is 82.9. The third kappa shape index (κ3) is 6.78. The molecule has 0 radical (unpaired) electrons. The molecular formula is C31H31F3N4O7S. The molecule has 4 aromatic rings. The number of nitrogens with one attached hydrogen (secondary N) is 2. The summed E-state index contributed by atoms with van der Waals surface area (Å²) in [4.78, 5) is 30.6. The number of nitrogens with zero attached hydrogens (tertiary/aromatic N) is 1. The second-order valence-corrected chi connectivity index (χ2v) is 12.8. The number of nitrogens with two attached hydrogens (primary N) is 1. The minimum absolute atomic E-state index is 0.00719. The molecule has 0 saturated heterocycles. The van der Waals surface area contributed by atoms with Gasteiger partial charge < -0.3 is 30.6 Å². The van der Waals surface area contributed by atoms with Gasteiger partial charge in [-0.3, -0.25) is 4.79 Å². The molecular weight excluding hydrogens is 629 g/mol. The number of ether oxygens (including phenoxy) is 3. The number of esters is 1. The Hall–Kier alpha value is -5.05. The van der Waals surface area contributed by atoms with Gasteiger partial charge in [-0.25, -0.2) is 18.2 Å². The van der Waals surface area contributed by atoms with Crippen LogP contribution in [0.2, 0.25) is 0 Å². The molecule has 1 atom stereocenters. The smallest absolute Gasteiger partial charge is 0.491 e. The highest BCUT2D eigenvalue weighted by molar-refractivity contribution is 7.92. The van der Waals surface area contributed by atoms with Gasteiger partial charge >= 0.3 is 12.1 Å². The summed E-state index contributed by atoms with van der Waals surface area (Å²) in [5.41, 5.74) is 2.99. The fourth-order valence-electron chi connectivity index (χ4n) is 4.61. The van der Waals surface area contributed by atoms with Gasteiger partial charge in [0.05, 0.1) is 24.4 Å². The molecule has 0 aliphatic rings. The Morgan fingerprint density at radius 2 is 1.65 bits per heavy atom. The lowest BCUT2D eigenvalue weighted by molar-refractivity contribution is -0.213. The fourth-order valence-corrected chi connectivity index (χ4v) is 5.89. The minimum Gasteiger partial charge on any atom is -0.493 e. The van der Waals surface area contributed by atoms with Crippen LogP contribution in [0.15, 0.2) is 77.8 Å². The van der Waals surface area contributed by atoms with Gasteiger partial charge in [0.15, 0.2) is 21.3 Å². The molecule has 1 heterocycles. The number of carbonyl (C=O) groups is 2. The number of pyridine rings is 1. The number of alkyl halides is 3. The summed E-state index contributed by atoms with van der Waals surface area (Å²) in [6, 6.07) is 15.6. The van der Waals surface area contributed by atoms with Crippen molar-refractivity contribution in [3.05, 3.63) is 84.1 Å². The van der Waals surface area contributed by atoms with Gasteiger partial charge in [0, 0.05) is 29.4 Å². The van der Waals surface area contributed by atoms with Gasteiger partial charge in [-0.15, -0.1) is 0 Å². The van der Waals surface area contributed by atoms with Crippen molar-refractivity contribution in [1.82, 2.24) is 10.3 Å². The van der Waals surface area contributed by atoms with E-state index in [2.05, 4.69) is 15.6 Å². The molecule has 3 aromatic carbocycles. The molecule has 46 heavy (non-hydrogen) atoms. The van der Waals surface area contributed by atoms with E-state index in [4.69, 9.17) is 19.9 Å². The summed E-state index contributed by atoms with van der Waals surface area (Å²) in [6.07, 6.45) is -4.09. The number of carbonyl (C=O) groups excluding carboxylic acids is 2. The number of amides is 1. The van der Waals surface area contributed by atoms with Gasteiger partial charge in [-0.2, -0.15) is 13.2 Å². The third-order valence-corrected chi connectivity index (χ3v) is 9.29. The Labute approximate surface area is 262 Å². The van der Waals surface area contributed by atoms with Crippen LogP contribution in [0, 0.1) is 0 Å². The minimum atomic E-state index is -5.51. The number of benzene rings is 3. The summed E-state index contributed by atoms with van der Waals surface area (Å²) in [6.45, 7) is 2.52. The number of halogens is 3. The van der Waals surface area contributed by atoms with E-state index in [0.717, 1.165) is 0 Å². The van der Waals surface area contributed by atoms with E-state index in [9.17, 15) is 31.2 Å². The van der Waals surface area contributed by atoms with E-state index < -0.39 is 45.4 Å². The van der Waals surface area contributed by atoms with Gasteiger partial charge in [0.25, 0.3) is 11.6 Å². The SMILES string of the molecule is COc1ccc(C(Nc2ccc3c(N)nccc3c2)(OC(=O)C(F)(F)F)C(=O)NCc2ccccc2S(=O)(=O)C(C)C)cc1OC. The molecule has 4 rings (SSSR count). The lowest BCUT2D eigenvalue weighted by Gasteiger charge is -2.34. The van der Waals surface area contributed by atoms with Crippen LogP contribution in [0.5, 0.6) is 11.5 Å². The molecule has 4 N–H and O–H groups in total. The normalized spacial score (nSPS) is 13.1. The number of hydrogen-bond donors (Lipinski definition) is 3. The third-order valence-electron chi connectivity index (χ3n) is 7.04. The predicted octanol–water partition coefficient (Wildman–Crippen LogP) is 4.70. The first-order chi connectivity index (χ1) is 21.6. The fraction of sp³-hybridized carbons (Fsp3) is 0.258. The molecule has 0 saturated carbocycles. The van der Waals surface area contributed by atoms with Crippen molar-refractivity contribution in [2.75, 3.05) is 25.3 Å². The van der Waals surface area contributed by atoms with E-state index in [0.29, 0.717) is 10.8 Å². The average molecular weight is 661 g/mol. The van der Waals surface area contributed by atoms with Crippen LogP contribution in [0.25, 0.3) is 10.8 Å². The quantitative estimate of drug-likeness (QED) is 0.152. The Balaban J connectivity index is 1.90.